The van der Waals surface area contributed by atoms with Gasteiger partial charge in [-0.2, -0.15) is 0 Å². The molecule has 66 valence electrons. The van der Waals surface area contributed by atoms with E-state index >= 15 is 0 Å². The predicted molar refractivity (Wildman–Crippen MR) is 46.0 cm³/mol. The fraction of sp³-hybridized carbons (Fsp3) is 0.625. The van der Waals surface area contributed by atoms with E-state index in [0.29, 0.717) is 12.5 Å². The van der Waals surface area contributed by atoms with Crippen LogP contribution < -0.4 is 11.1 Å². The summed E-state index contributed by atoms with van der Waals surface area (Å²) in [7, 11) is 0. The van der Waals surface area contributed by atoms with Gasteiger partial charge in [0.25, 0.3) is 0 Å². The fourth-order valence-electron chi connectivity index (χ4n) is 1.23. The van der Waals surface area contributed by atoms with Crippen LogP contribution >= 0.6 is 0 Å². The highest BCUT2D eigenvalue weighted by atomic mass is 16.5. The van der Waals surface area contributed by atoms with Crippen molar-refractivity contribution in [1.29, 1.82) is 0 Å². The van der Waals surface area contributed by atoms with Crippen molar-refractivity contribution in [2.75, 3.05) is 18.4 Å². The Morgan fingerprint density at radius 1 is 1.67 bits per heavy atom. The first kappa shape index (κ1) is 7.61. The zero-order valence-corrected chi connectivity index (χ0v) is 6.92. The molecule has 1 fully saturated rings. The molecule has 4 nitrogen and oxygen atoms in total. The van der Waals surface area contributed by atoms with E-state index < -0.39 is 0 Å². The number of nitrogens with zero attached hydrogens (tertiary/aromatic N) is 1. The Morgan fingerprint density at radius 2 is 2.50 bits per heavy atom. The Kier molecular flexibility index (Phi) is 1.99. The second-order valence-electron chi connectivity index (χ2n) is 3.09. The summed E-state index contributed by atoms with van der Waals surface area (Å²) in [4.78, 5) is 0. The van der Waals surface area contributed by atoms with E-state index in [1.54, 1.807) is 6.20 Å². The summed E-state index contributed by atoms with van der Waals surface area (Å²) in [5, 5.41) is 6.94. The average Bonchev–Trinajstić information content (AvgIpc) is 2.83. The van der Waals surface area contributed by atoms with Crippen molar-refractivity contribution in [3.05, 3.63) is 12.0 Å². The van der Waals surface area contributed by atoms with Gasteiger partial charge in [0.05, 0.1) is 11.9 Å². The number of anilines is 1. The van der Waals surface area contributed by atoms with Gasteiger partial charge in [0.15, 0.2) is 5.76 Å². The summed E-state index contributed by atoms with van der Waals surface area (Å²) in [5.41, 5.74) is 6.39. The second kappa shape index (κ2) is 3.15. The minimum atomic E-state index is 0.604. The third kappa shape index (κ3) is 1.43. The lowest BCUT2D eigenvalue weighted by atomic mass is 10.3. The molecule has 1 saturated carbocycles. The van der Waals surface area contributed by atoms with Crippen molar-refractivity contribution in [2.24, 2.45) is 5.73 Å². The Balaban J connectivity index is 2.03. The van der Waals surface area contributed by atoms with Crippen LogP contribution in [0.4, 0.5) is 5.69 Å². The van der Waals surface area contributed by atoms with Gasteiger partial charge >= 0.3 is 0 Å². The van der Waals surface area contributed by atoms with Gasteiger partial charge in [-0.1, -0.05) is 5.16 Å². The summed E-state index contributed by atoms with van der Waals surface area (Å²) in [5.74, 6) is 1.61. The maximum Gasteiger partial charge on any atom is 0.162 e. The van der Waals surface area contributed by atoms with Crippen molar-refractivity contribution in [1.82, 2.24) is 5.16 Å². The molecule has 0 saturated heterocycles. The highest BCUT2D eigenvalue weighted by molar-refractivity contribution is 5.47. The first-order valence-electron chi connectivity index (χ1n) is 4.30. The van der Waals surface area contributed by atoms with Crippen LogP contribution in [0.2, 0.25) is 0 Å². The molecular formula is C8H13N3O. The summed E-state index contributed by atoms with van der Waals surface area (Å²) < 4.78 is 5.13. The molecule has 0 aromatic carbocycles. The van der Waals surface area contributed by atoms with E-state index in [0.717, 1.165) is 18.0 Å². The van der Waals surface area contributed by atoms with Crippen LogP contribution in [0.15, 0.2) is 10.7 Å². The molecule has 0 spiro atoms. The number of rotatable bonds is 4. The minimum Gasteiger partial charge on any atom is -0.380 e. The summed E-state index contributed by atoms with van der Waals surface area (Å²) >= 11 is 0. The van der Waals surface area contributed by atoms with E-state index in [9.17, 15) is 0 Å². The number of aromatic nitrogens is 1. The molecule has 1 aliphatic carbocycles. The van der Waals surface area contributed by atoms with Gasteiger partial charge in [-0.05, 0) is 12.8 Å². The first-order valence-corrected chi connectivity index (χ1v) is 4.30. The first-order chi connectivity index (χ1) is 5.92. The normalized spacial score (nSPS) is 16.4. The molecule has 1 aromatic rings. The number of nitrogens with one attached hydrogen (secondary N) is 1. The van der Waals surface area contributed by atoms with Crippen molar-refractivity contribution in [2.45, 2.75) is 18.8 Å². The summed E-state index contributed by atoms with van der Waals surface area (Å²) in [6, 6.07) is 0. The van der Waals surface area contributed by atoms with Crippen molar-refractivity contribution in [3.63, 3.8) is 0 Å². The van der Waals surface area contributed by atoms with Crippen LogP contribution in [0, 0.1) is 0 Å². The topological polar surface area (TPSA) is 64.1 Å². The van der Waals surface area contributed by atoms with Gasteiger partial charge in [0.1, 0.15) is 0 Å². The largest absolute Gasteiger partial charge is 0.380 e. The highest BCUT2D eigenvalue weighted by Gasteiger charge is 2.30. The molecule has 0 amide bonds. The van der Waals surface area contributed by atoms with Crippen molar-refractivity contribution >= 4 is 5.69 Å². The lowest BCUT2D eigenvalue weighted by Gasteiger charge is -2.01. The third-order valence-corrected chi connectivity index (χ3v) is 2.01. The smallest absolute Gasteiger partial charge is 0.162 e. The van der Waals surface area contributed by atoms with Gasteiger partial charge in [0.2, 0.25) is 0 Å². The predicted octanol–water partition coefficient (Wildman–Crippen LogP) is 0.923. The van der Waals surface area contributed by atoms with Crippen LogP contribution in [-0.2, 0) is 0 Å². The lowest BCUT2D eigenvalue weighted by molar-refractivity contribution is 0.385. The molecule has 0 radical (unpaired) electrons. The average molecular weight is 167 g/mol. The zero-order valence-electron chi connectivity index (χ0n) is 6.92. The van der Waals surface area contributed by atoms with Gasteiger partial charge in [0, 0.05) is 19.0 Å². The molecule has 2 rings (SSSR count). The van der Waals surface area contributed by atoms with Gasteiger partial charge in [-0.25, -0.2) is 0 Å². The summed E-state index contributed by atoms with van der Waals surface area (Å²) in [6.45, 7) is 1.41. The Hall–Kier alpha value is -1.03. The van der Waals surface area contributed by atoms with E-state index in [-0.39, 0.29) is 0 Å². The van der Waals surface area contributed by atoms with Crippen LogP contribution in [0.1, 0.15) is 24.5 Å². The van der Waals surface area contributed by atoms with E-state index in [2.05, 4.69) is 10.5 Å². The Morgan fingerprint density at radius 3 is 3.17 bits per heavy atom. The van der Waals surface area contributed by atoms with Gasteiger partial charge in [-0.15, -0.1) is 0 Å². The van der Waals surface area contributed by atoms with E-state index in [4.69, 9.17) is 10.3 Å². The molecule has 4 heteroatoms. The van der Waals surface area contributed by atoms with Crippen LogP contribution in [0.25, 0.3) is 0 Å². The van der Waals surface area contributed by atoms with E-state index in [1.807, 2.05) is 0 Å². The van der Waals surface area contributed by atoms with Crippen molar-refractivity contribution < 1.29 is 4.52 Å². The zero-order chi connectivity index (χ0) is 8.39. The standard InChI is InChI=1S/C8H13N3O/c9-3-4-10-7-5-11-12-8(7)6-1-2-6/h5-6,10H,1-4,9H2. The maximum absolute atomic E-state index is 5.37. The molecule has 1 aromatic heterocycles. The molecule has 1 aliphatic rings. The molecule has 1 heterocycles. The molecule has 0 atom stereocenters. The molecular weight excluding hydrogens is 154 g/mol. The molecule has 3 N–H and O–H groups in total. The van der Waals surface area contributed by atoms with Crippen molar-refractivity contribution in [3.8, 4) is 0 Å². The summed E-state index contributed by atoms with van der Waals surface area (Å²) in [6.07, 6.45) is 4.18. The highest BCUT2D eigenvalue weighted by Crippen LogP contribution is 2.43. The van der Waals surface area contributed by atoms with Gasteiger partial charge in [-0.3, -0.25) is 0 Å². The molecule has 12 heavy (non-hydrogen) atoms. The van der Waals surface area contributed by atoms with Crippen LogP contribution in [0.3, 0.4) is 0 Å². The SMILES string of the molecule is NCCNc1cnoc1C1CC1. The number of nitrogens with two attached hydrogens (primary N) is 1. The van der Waals surface area contributed by atoms with E-state index in [1.165, 1.54) is 12.8 Å². The monoisotopic (exact) mass is 167 g/mol. The third-order valence-electron chi connectivity index (χ3n) is 2.01. The Labute approximate surface area is 71.1 Å². The Bertz CT molecular complexity index is 255. The fourth-order valence-corrected chi connectivity index (χ4v) is 1.23. The lowest BCUT2D eigenvalue weighted by Crippen LogP contribution is -2.13. The number of hydrogen-bond donors (Lipinski definition) is 2. The van der Waals surface area contributed by atoms with Crippen LogP contribution in [-0.4, -0.2) is 18.2 Å². The molecule has 0 bridgehead atoms. The minimum absolute atomic E-state index is 0.604. The maximum atomic E-state index is 5.37. The molecule has 0 unspecified atom stereocenters. The quantitative estimate of drug-likeness (QED) is 0.700. The number of hydrogen-bond acceptors (Lipinski definition) is 4. The molecule has 0 aliphatic heterocycles. The van der Waals surface area contributed by atoms with Crippen LogP contribution in [0.5, 0.6) is 0 Å². The second-order valence-corrected chi connectivity index (χ2v) is 3.09. The van der Waals surface area contributed by atoms with Gasteiger partial charge < -0.3 is 15.6 Å².